The highest BCUT2D eigenvalue weighted by Crippen LogP contribution is 2.15. The van der Waals surface area contributed by atoms with Crippen LogP contribution in [0.15, 0.2) is 12.1 Å². The van der Waals surface area contributed by atoms with Gasteiger partial charge in [0.2, 0.25) is 0 Å². The zero-order valence-corrected chi connectivity index (χ0v) is 7.95. The van der Waals surface area contributed by atoms with Gasteiger partial charge in [0.1, 0.15) is 17.0 Å². The van der Waals surface area contributed by atoms with Crippen LogP contribution >= 0.6 is 11.6 Å². The molecule has 6 nitrogen and oxygen atoms in total. The van der Waals surface area contributed by atoms with E-state index in [0.29, 0.717) is 0 Å². The van der Waals surface area contributed by atoms with Gasteiger partial charge in [0.25, 0.3) is 0 Å². The summed E-state index contributed by atoms with van der Waals surface area (Å²) in [5.41, 5.74) is 0.144. The molecule has 0 aromatic carbocycles. The standard InChI is InChI=1S/C8H4ClN3O3/c9-6-4(3-10)1-2-5(11-6)12-7(13)8(14)15/h1-2H,(H,14,15)(H,11,12,13). The normalized spacial score (nSPS) is 9.07. The van der Waals surface area contributed by atoms with Crippen LogP contribution in [0.4, 0.5) is 5.82 Å². The van der Waals surface area contributed by atoms with Crippen molar-refractivity contribution in [1.82, 2.24) is 4.98 Å². The van der Waals surface area contributed by atoms with Gasteiger partial charge in [-0.2, -0.15) is 5.26 Å². The molecule has 1 aromatic heterocycles. The molecule has 1 rings (SSSR count). The summed E-state index contributed by atoms with van der Waals surface area (Å²) >= 11 is 5.56. The predicted octanol–water partition coefficient (Wildman–Crippen LogP) is 0.630. The van der Waals surface area contributed by atoms with Gasteiger partial charge < -0.3 is 10.4 Å². The number of carboxylic acid groups (broad SMARTS) is 1. The van der Waals surface area contributed by atoms with Crippen LogP contribution in [-0.2, 0) is 9.59 Å². The highest BCUT2D eigenvalue weighted by atomic mass is 35.5. The second-order valence-electron chi connectivity index (χ2n) is 2.41. The number of carbonyl (C=O) groups is 2. The fourth-order valence-electron chi connectivity index (χ4n) is 0.757. The third kappa shape index (κ3) is 2.65. The monoisotopic (exact) mass is 225 g/mol. The Bertz CT molecular complexity index is 467. The largest absolute Gasteiger partial charge is 0.474 e. The minimum absolute atomic E-state index is 0.0219. The van der Waals surface area contributed by atoms with E-state index in [1.807, 2.05) is 5.32 Å². The summed E-state index contributed by atoms with van der Waals surface area (Å²) in [5.74, 6) is -2.87. The van der Waals surface area contributed by atoms with Crippen molar-refractivity contribution in [3.63, 3.8) is 0 Å². The molecule has 15 heavy (non-hydrogen) atoms. The lowest BCUT2D eigenvalue weighted by molar-refractivity contribution is -0.147. The zero-order valence-electron chi connectivity index (χ0n) is 7.19. The Hall–Kier alpha value is -2.13. The molecule has 0 atom stereocenters. The predicted molar refractivity (Wildman–Crippen MR) is 50.2 cm³/mol. The number of anilines is 1. The van der Waals surface area contributed by atoms with Crippen molar-refractivity contribution in [1.29, 1.82) is 5.26 Å². The first-order chi connectivity index (χ1) is 7.04. The molecule has 0 aliphatic rings. The topological polar surface area (TPSA) is 103 Å². The second kappa shape index (κ2) is 4.39. The Morgan fingerprint density at radius 1 is 1.53 bits per heavy atom. The molecule has 2 N–H and O–H groups in total. The van der Waals surface area contributed by atoms with Gasteiger partial charge >= 0.3 is 11.9 Å². The van der Waals surface area contributed by atoms with Crippen molar-refractivity contribution in [2.45, 2.75) is 0 Å². The van der Waals surface area contributed by atoms with E-state index in [1.54, 1.807) is 6.07 Å². The lowest BCUT2D eigenvalue weighted by Crippen LogP contribution is -2.22. The van der Waals surface area contributed by atoms with Crippen LogP contribution in [0, 0.1) is 11.3 Å². The van der Waals surface area contributed by atoms with Crippen LogP contribution in [0.1, 0.15) is 5.56 Å². The SMILES string of the molecule is N#Cc1ccc(NC(=O)C(=O)O)nc1Cl. The maximum atomic E-state index is 10.7. The lowest BCUT2D eigenvalue weighted by Gasteiger charge is -2.01. The molecule has 0 spiro atoms. The average Bonchev–Trinajstić information content (AvgIpc) is 2.18. The van der Waals surface area contributed by atoms with Gasteiger partial charge in [0.05, 0.1) is 5.56 Å². The van der Waals surface area contributed by atoms with Crippen molar-refractivity contribution in [2.24, 2.45) is 0 Å². The Morgan fingerprint density at radius 2 is 2.20 bits per heavy atom. The molecule has 76 valence electrons. The van der Waals surface area contributed by atoms with Gasteiger partial charge in [-0.1, -0.05) is 11.6 Å². The summed E-state index contributed by atoms with van der Waals surface area (Å²) in [7, 11) is 0. The van der Waals surface area contributed by atoms with E-state index in [0.717, 1.165) is 0 Å². The number of amides is 1. The number of carbonyl (C=O) groups excluding carboxylic acids is 1. The summed E-state index contributed by atoms with van der Waals surface area (Å²) in [6, 6.07) is 4.38. The summed E-state index contributed by atoms with van der Waals surface area (Å²) in [6.45, 7) is 0. The Balaban J connectivity index is 2.90. The van der Waals surface area contributed by atoms with Crippen molar-refractivity contribution < 1.29 is 14.7 Å². The van der Waals surface area contributed by atoms with Crippen molar-refractivity contribution in [3.05, 3.63) is 22.8 Å². The van der Waals surface area contributed by atoms with Crippen LogP contribution in [0.3, 0.4) is 0 Å². The first-order valence-electron chi connectivity index (χ1n) is 3.65. The molecule has 0 radical (unpaired) electrons. The van der Waals surface area contributed by atoms with E-state index < -0.39 is 11.9 Å². The summed E-state index contributed by atoms with van der Waals surface area (Å²) in [6.07, 6.45) is 0. The highest BCUT2D eigenvalue weighted by molar-refractivity contribution is 6.36. The van der Waals surface area contributed by atoms with Crippen LogP contribution in [0.2, 0.25) is 5.15 Å². The number of rotatable bonds is 1. The number of nitriles is 1. The summed E-state index contributed by atoms with van der Waals surface area (Å²) in [4.78, 5) is 24.5. The highest BCUT2D eigenvalue weighted by Gasteiger charge is 2.12. The number of carboxylic acids is 1. The first kappa shape index (κ1) is 10.9. The van der Waals surface area contributed by atoms with Gasteiger partial charge in [0.15, 0.2) is 0 Å². The number of pyridine rings is 1. The fourth-order valence-corrected chi connectivity index (χ4v) is 0.953. The number of aliphatic carboxylic acids is 1. The molecule has 0 saturated carbocycles. The second-order valence-corrected chi connectivity index (χ2v) is 2.76. The van der Waals surface area contributed by atoms with Gasteiger partial charge in [0, 0.05) is 0 Å². The van der Waals surface area contributed by atoms with E-state index in [1.165, 1.54) is 12.1 Å². The smallest absolute Gasteiger partial charge is 0.394 e. The third-order valence-electron chi connectivity index (χ3n) is 1.41. The van der Waals surface area contributed by atoms with Crippen LogP contribution in [0.5, 0.6) is 0 Å². The van der Waals surface area contributed by atoms with Gasteiger partial charge in [-0.3, -0.25) is 4.79 Å². The molecule has 0 bridgehead atoms. The van der Waals surface area contributed by atoms with Gasteiger partial charge in [-0.15, -0.1) is 0 Å². The first-order valence-corrected chi connectivity index (χ1v) is 4.03. The summed E-state index contributed by atoms with van der Waals surface area (Å²) in [5, 5.41) is 18.7. The number of hydrogen-bond acceptors (Lipinski definition) is 4. The van der Waals surface area contributed by atoms with E-state index in [9.17, 15) is 9.59 Å². The number of aromatic nitrogens is 1. The fraction of sp³-hybridized carbons (Fsp3) is 0. The molecule has 1 heterocycles. The number of hydrogen-bond donors (Lipinski definition) is 2. The number of nitrogens with one attached hydrogen (secondary N) is 1. The van der Waals surface area contributed by atoms with Crippen molar-refractivity contribution in [2.75, 3.05) is 5.32 Å². The Labute approximate surface area is 89.1 Å². The molecule has 0 fully saturated rings. The molecular weight excluding hydrogens is 222 g/mol. The number of halogens is 1. The molecule has 1 aromatic rings. The molecule has 0 aliphatic heterocycles. The van der Waals surface area contributed by atoms with Crippen molar-refractivity contribution in [3.8, 4) is 6.07 Å². The minimum Gasteiger partial charge on any atom is -0.474 e. The molecule has 0 aliphatic carbocycles. The maximum absolute atomic E-state index is 10.7. The van der Waals surface area contributed by atoms with Gasteiger partial charge in [-0.05, 0) is 12.1 Å². The molecular formula is C8H4ClN3O3. The van der Waals surface area contributed by atoms with Crippen molar-refractivity contribution >= 4 is 29.3 Å². The number of nitrogens with zero attached hydrogens (tertiary/aromatic N) is 2. The van der Waals surface area contributed by atoms with Crippen LogP contribution in [0.25, 0.3) is 0 Å². The quantitative estimate of drug-likeness (QED) is 0.539. The molecule has 7 heteroatoms. The van der Waals surface area contributed by atoms with E-state index in [2.05, 4.69) is 4.98 Å². The molecule has 1 amide bonds. The average molecular weight is 226 g/mol. The zero-order chi connectivity index (χ0) is 11.4. The lowest BCUT2D eigenvalue weighted by atomic mass is 10.3. The van der Waals surface area contributed by atoms with Crippen LogP contribution in [-0.4, -0.2) is 22.0 Å². The Morgan fingerprint density at radius 3 is 2.67 bits per heavy atom. The third-order valence-corrected chi connectivity index (χ3v) is 1.69. The summed E-state index contributed by atoms with van der Waals surface area (Å²) < 4.78 is 0. The van der Waals surface area contributed by atoms with Crippen LogP contribution < -0.4 is 5.32 Å². The maximum Gasteiger partial charge on any atom is 0.394 e. The van der Waals surface area contributed by atoms with Gasteiger partial charge in [-0.25, -0.2) is 9.78 Å². The van der Waals surface area contributed by atoms with E-state index in [-0.39, 0.29) is 16.5 Å². The molecule has 0 unspecified atom stereocenters. The Kier molecular flexibility index (Phi) is 3.21. The molecule has 0 saturated heterocycles. The van der Waals surface area contributed by atoms with E-state index >= 15 is 0 Å². The minimum atomic E-state index is -1.63. The van der Waals surface area contributed by atoms with E-state index in [4.69, 9.17) is 22.0 Å².